The van der Waals surface area contributed by atoms with E-state index in [9.17, 15) is 4.79 Å². The van der Waals surface area contributed by atoms with Gasteiger partial charge in [0.05, 0.1) is 7.11 Å². The summed E-state index contributed by atoms with van der Waals surface area (Å²) in [6, 6.07) is 1.45. The Balaban J connectivity index is 2.43. The van der Waals surface area contributed by atoms with Crippen LogP contribution in [0.4, 0.5) is 0 Å². The van der Waals surface area contributed by atoms with Gasteiger partial charge in [0.25, 0.3) is 5.82 Å². The highest BCUT2D eigenvalue weighted by Gasteiger charge is 2.14. The number of ether oxygens (including phenoxy) is 1. The third-order valence-electron chi connectivity index (χ3n) is 1.81. The van der Waals surface area contributed by atoms with E-state index in [1.54, 1.807) is 0 Å². The van der Waals surface area contributed by atoms with Crippen LogP contribution < -0.4 is 0 Å². The van der Waals surface area contributed by atoms with Crippen LogP contribution in [-0.2, 0) is 4.74 Å². The fourth-order valence-corrected chi connectivity index (χ4v) is 1.39. The topological polar surface area (TPSA) is 82.8 Å². The van der Waals surface area contributed by atoms with Crippen LogP contribution >= 0.6 is 23.2 Å². The molecule has 0 atom stereocenters. The lowest BCUT2D eigenvalue weighted by atomic mass is 10.5. The van der Waals surface area contributed by atoms with Gasteiger partial charge in [0.15, 0.2) is 10.3 Å². The molecule has 0 aliphatic carbocycles. The van der Waals surface area contributed by atoms with E-state index in [2.05, 4.69) is 25.0 Å². The molecule has 0 radical (unpaired) electrons. The van der Waals surface area contributed by atoms with E-state index in [0.717, 1.165) is 0 Å². The number of hydrogen-bond donors (Lipinski definition) is 0. The van der Waals surface area contributed by atoms with Gasteiger partial charge in [0, 0.05) is 6.07 Å². The monoisotopic (exact) mass is 273 g/mol. The fraction of sp³-hybridized carbons (Fsp3) is 0.125. The Hall–Kier alpha value is -1.73. The molecule has 0 aliphatic rings. The summed E-state index contributed by atoms with van der Waals surface area (Å²) in [5.41, 5.74) is 0.370. The fourth-order valence-electron chi connectivity index (χ4n) is 1.07. The second-order valence-corrected chi connectivity index (χ2v) is 3.59. The number of carbonyl (C=O) groups is 1. The highest BCUT2D eigenvalue weighted by Crippen LogP contribution is 2.18. The van der Waals surface area contributed by atoms with E-state index in [0.29, 0.717) is 5.69 Å². The van der Waals surface area contributed by atoms with Crippen molar-refractivity contribution in [3.63, 3.8) is 0 Å². The van der Waals surface area contributed by atoms with Crippen molar-refractivity contribution in [2.24, 2.45) is 0 Å². The molecular weight excluding hydrogens is 269 g/mol. The van der Waals surface area contributed by atoms with Crippen molar-refractivity contribution in [3.05, 3.63) is 28.5 Å². The maximum atomic E-state index is 11.2. The van der Waals surface area contributed by atoms with E-state index < -0.39 is 5.97 Å². The van der Waals surface area contributed by atoms with Crippen molar-refractivity contribution in [1.29, 1.82) is 0 Å². The molecule has 0 saturated carbocycles. The Labute approximate surface area is 105 Å². The van der Waals surface area contributed by atoms with E-state index in [1.165, 1.54) is 24.2 Å². The molecule has 0 bridgehead atoms. The number of methoxy groups -OCH3 is 1. The molecule has 0 saturated heterocycles. The summed E-state index contributed by atoms with van der Waals surface area (Å²) in [6.07, 6.45) is 1.30. The molecule has 0 unspecified atom stereocenters. The van der Waals surface area contributed by atoms with Crippen molar-refractivity contribution < 1.29 is 9.53 Å². The average Bonchev–Trinajstić information content (AvgIpc) is 2.80. The largest absolute Gasteiger partial charge is 0.463 e. The summed E-state index contributed by atoms with van der Waals surface area (Å²) in [7, 11) is 1.24. The molecule has 2 rings (SSSR count). The van der Waals surface area contributed by atoms with Gasteiger partial charge in [0.2, 0.25) is 0 Å². The Morgan fingerprint density at radius 1 is 1.41 bits per heavy atom. The van der Waals surface area contributed by atoms with E-state index >= 15 is 0 Å². The number of halogens is 2. The van der Waals surface area contributed by atoms with E-state index in [1.807, 2.05) is 0 Å². The number of carbonyl (C=O) groups excluding carboxylic acids is 1. The molecular formula is C8H5Cl2N5O2. The van der Waals surface area contributed by atoms with E-state index in [4.69, 9.17) is 23.2 Å². The van der Waals surface area contributed by atoms with E-state index in [-0.39, 0.29) is 16.1 Å². The Morgan fingerprint density at radius 3 is 2.88 bits per heavy atom. The minimum Gasteiger partial charge on any atom is -0.463 e. The Bertz CT molecular complexity index is 571. The third-order valence-corrected chi connectivity index (χ3v) is 2.26. The summed E-state index contributed by atoms with van der Waals surface area (Å²) in [5.74, 6) is -0.732. The summed E-state index contributed by atoms with van der Waals surface area (Å²) in [5, 5.41) is 11.3. The quantitative estimate of drug-likeness (QED) is 0.764. The normalized spacial score (nSPS) is 10.3. The number of esters is 1. The predicted molar refractivity (Wildman–Crippen MR) is 58.3 cm³/mol. The predicted octanol–water partition coefficient (Wildman–Crippen LogP) is 1.15. The van der Waals surface area contributed by atoms with Crippen LogP contribution in [0.3, 0.4) is 0 Å². The van der Waals surface area contributed by atoms with Crippen LogP contribution in [0.2, 0.25) is 10.3 Å². The zero-order valence-electron chi connectivity index (χ0n) is 8.46. The van der Waals surface area contributed by atoms with Gasteiger partial charge in [-0.2, -0.15) is 0 Å². The third kappa shape index (κ3) is 2.34. The first kappa shape index (κ1) is 11.7. The average molecular weight is 274 g/mol. The molecule has 7 nitrogen and oxygen atoms in total. The Morgan fingerprint density at radius 2 is 2.18 bits per heavy atom. The number of rotatable bonds is 2. The minimum absolute atomic E-state index is 0.0866. The Kier molecular flexibility index (Phi) is 3.21. The number of nitrogens with zero attached hydrogens (tertiary/aromatic N) is 5. The minimum atomic E-state index is -0.645. The SMILES string of the molecule is COC(=O)c1ncn(-c2cc(Cl)nnc2Cl)n1. The molecule has 88 valence electrons. The van der Waals surface area contributed by atoms with Gasteiger partial charge in [-0.3, -0.25) is 0 Å². The molecule has 0 amide bonds. The van der Waals surface area contributed by atoms with Crippen LogP contribution in [0.25, 0.3) is 5.69 Å². The van der Waals surface area contributed by atoms with Crippen LogP contribution in [-0.4, -0.2) is 38.0 Å². The van der Waals surface area contributed by atoms with Crippen LogP contribution in [0.5, 0.6) is 0 Å². The van der Waals surface area contributed by atoms with Crippen molar-refractivity contribution in [2.75, 3.05) is 7.11 Å². The van der Waals surface area contributed by atoms with Gasteiger partial charge in [-0.05, 0) is 0 Å². The van der Waals surface area contributed by atoms with Crippen LogP contribution in [0.1, 0.15) is 10.6 Å². The standard InChI is InChI=1S/C8H5Cl2N5O2/c1-17-8(16)7-11-3-15(14-7)4-2-5(9)12-13-6(4)10/h2-3H,1H3. The maximum Gasteiger partial charge on any atom is 0.377 e. The maximum absolute atomic E-state index is 11.2. The van der Waals surface area contributed by atoms with Crippen LogP contribution in [0, 0.1) is 0 Å². The summed E-state index contributed by atoms with van der Waals surface area (Å²) in [6.45, 7) is 0. The molecule has 0 aliphatic heterocycles. The summed E-state index contributed by atoms with van der Waals surface area (Å²) < 4.78 is 5.73. The lowest BCUT2D eigenvalue weighted by Crippen LogP contribution is -2.05. The molecule has 2 heterocycles. The zero-order valence-corrected chi connectivity index (χ0v) is 9.98. The highest BCUT2D eigenvalue weighted by atomic mass is 35.5. The lowest BCUT2D eigenvalue weighted by Gasteiger charge is -2.01. The van der Waals surface area contributed by atoms with Gasteiger partial charge in [0.1, 0.15) is 12.0 Å². The van der Waals surface area contributed by atoms with Gasteiger partial charge in [-0.1, -0.05) is 23.2 Å². The van der Waals surface area contributed by atoms with Gasteiger partial charge in [-0.25, -0.2) is 14.5 Å². The molecule has 0 aromatic carbocycles. The van der Waals surface area contributed by atoms with Crippen molar-refractivity contribution in [3.8, 4) is 5.69 Å². The van der Waals surface area contributed by atoms with Crippen LogP contribution in [0.15, 0.2) is 12.4 Å². The summed E-state index contributed by atoms with van der Waals surface area (Å²) >= 11 is 11.5. The molecule has 0 spiro atoms. The van der Waals surface area contributed by atoms with Crippen molar-refractivity contribution in [2.45, 2.75) is 0 Å². The van der Waals surface area contributed by atoms with Gasteiger partial charge >= 0.3 is 5.97 Å². The molecule has 9 heteroatoms. The molecule has 2 aromatic heterocycles. The number of hydrogen-bond acceptors (Lipinski definition) is 6. The van der Waals surface area contributed by atoms with Crippen molar-refractivity contribution in [1.82, 2.24) is 25.0 Å². The first-order chi connectivity index (χ1) is 8.11. The zero-order chi connectivity index (χ0) is 12.4. The number of aromatic nitrogens is 5. The highest BCUT2D eigenvalue weighted by molar-refractivity contribution is 6.32. The molecule has 2 aromatic rings. The second-order valence-electron chi connectivity index (χ2n) is 2.85. The molecule has 0 fully saturated rings. The van der Waals surface area contributed by atoms with Crippen molar-refractivity contribution >= 4 is 29.2 Å². The lowest BCUT2D eigenvalue weighted by molar-refractivity contribution is 0.0587. The van der Waals surface area contributed by atoms with Gasteiger partial charge in [-0.15, -0.1) is 15.3 Å². The summed E-state index contributed by atoms with van der Waals surface area (Å²) in [4.78, 5) is 14.9. The first-order valence-electron chi connectivity index (χ1n) is 4.31. The molecule has 0 N–H and O–H groups in total. The smallest absolute Gasteiger partial charge is 0.377 e. The first-order valence-corrected chi connectivity index (χ1v) is 5.06. The molecule has 17 heavy (non-hydrogen) atoms. The van der Waals surface area contributed by atoms with Gasteiger partial charge < -0.3 is 4.74 Å². The second kappa shape index (κ2) is 4.64.